The van der Waals surface area contributed by atoms with E-state index in [0.29, 0.717) is 24.5 Å². The molecule has 1 aliphatic rings. The van der Waals surface area contributed by atoms with Gasteiger partial charge in [-0.1, -0.05) is 0 Å². The zero-order valence-electron chi connectivity index (χ0n) is 9.70. The van der Waals surface area contributed by atoms with Crippen LogP contribution < -0.4 is 0 Å². The predicted octanol–water partition coefficient (Wildman–Crippen LogP) is 1.31. The summed E-state index contributed by atoms with van der Waals surface area (Å²) in [5, 5.41) is 8.66. The zero-order valence-corrected chi connectivity index (χ0v) is 9.70. The van der Waals surface area contributed by atoms with Crippen molar-refractivity contribution in [1.82, 2.24) is 9.80 Å². The van der Waals surface area contributed by atoms with Crippen molar-refractivity contribution in [1.29, 1.82) is 5.26 Å². The summed E-state index contributed by atoms with van der Waals surface area (Å²) in [6.45, 7) is 8.82. The highest BCUT2D eigenvalue weighted by molar-refractivity contribution is 4.88. The van der Waals surface area contributed by atoms with Crippen LogP contribution in [0.15, 0.2) is 0 Å². The molecule has 14 heavy (non-hydrogen) atoms. The van der Waals surface area contributed by atoms with E-state index in [1.165, 1.54) is 0 Å². The van der Waals surface area contributed by atoms with Crippen LogP contribution in [-0.4, -0.2) is 48.1 Å². The van der Waals surface area contributed by atoms with E-state index in [2.05, 4.69) is 43.7 Å². The second kappa shape index (κ2) is 4.77. The fraction of sp³-hybridized carbons (Fsp3) is 0.909. The highest BCUT2D eigenvalue weighted by Gasteiger charge is 2.28. The molecule has 1 fully saturated rings. The fourth-order valence-electron chi connectivity index (χ4n) is 2.07. The van der Waals surface area contributed by atoms with Crippen LogP contribution in [-0.2, 0) is 0 Å². The van der Waals surface area contributed by atoms with E-state index < -0.39 is 0 Å². The quantitative estimate of drug-likeness (QED) is 0.665. The third kappa shape index (κ3) is 2.46. The number of piperazine rings is 1. The van der Waals surface area contributed by atoms with Crippen molar-refractivity contribution >= 4 is 0 Å². The summed E-state index contributed by atoms with van der Waals surface area (Å²) in [4.78, 5) is 4.84. The minimum Gasteiger partial charge on any atom is -0.298 e. The lowest BCUT2D eigenvalue weighted by Crippen LogP contribution is -2.56. The lowest BCUT2D eigenvalue weighted by atomic mass is 10.1. The van der Waals surface area contributed by atoms with Crippen LogP contribution in [0.1, 0.15) is 27.2 Å². The predicted molar refractivity (Wildman–Crippen MR) is 58.0 cm³/mol. The second-order valence-corrected chi connectivity index (χ2v) is 4.53. The molecular formula is C11H21N3. The molecule has 0 bridgehead atoms. The minimum absolute atomic E-state index is 0.401. The molecule has 0 amide bonds. The van der Waals surface area contributed by atoms with Gasteiger partial charge in [0, 0.05) is 31.2 Å². The summed E-state index contributed by atoms with van der Waals surface area (Å²) >= 11 is 0. The molecule has 1 aliphatic heterocycles. The van der Waals surface area contributed by atoms with Gasteiger partial charge in [0.05, 0.1) is 12.5 Å². The zero-order chi connectivity index (χ0) is 10.7. The van der Waals surface area contributed by atoms with Crippen molar-refractivity contribution < 1.29 is 0 Å². The van der Waals surface area contributed by atoms with Gasteiger partial charge < -0.3 is 0 Å². The Balaban J connectivity index is 2.54. The number of hydrogen-bond donors (Lipinski definition) is 0. The monoisotopic (exact) mass is 195 g/mol. The molecule has 0 radical (unpaired) electrons. The van der Waals surface area contributed by atoms with Gasteiger partial charge in [0.25, 0.3) is 0 Å². The van der Waals surface area contributed by atoms with Crippen LogP contribution in [0, 0.1) is 11.3 Å². The number of hydrogen-bond acceptors (Lipinski definition) is 3. The van der Waals surface area contributed by atoms with E-state index >= 15 is 0 Å². The van der Waals surface area contributed by atoms with Gasteiger partial charge in [-0.3, -0.25) is 9.80 Å². The average Bonchev–Trinajstić information content (AvgIpc) is 2.13. The number of rotatable bonds is 2. The Morgan fingerprint density at radius 2 is 1.86 bits per heavy atom. The van der Waals surface area contributed by atoms with Crippen LogP contribution in [0.5, 0.6) is 0 Å². The van der Waals surface area contributed by atoms with E-state index in [9.17, 15) is 0 Å². The van der Waals surface area contributed by atoms with Gasteiger partial charge in [-0.2, -0.15) is 5.26 Å². The summed E-state index contributed by atoms with van der Waals surface area (Å²) in [5.74, 6) is 0. The van der Waals surface area contributed by atoms with Gasteiger partial charge in [0.15, 0.2) is 0 Å². The van der Waals surface area contributed by atoms with Crippen LogP contribution in [0.3, 0.4) is 0 Å². The topological polar surface area (TPSA) is 30.3 Å². The summed E-state index contributed by atoms with van der Waals surface area (Å²) < 4.78 is 0. The highest BCUT2D eigenvalue weighted by atomic mass is 15.3. The van der Waals surface area contributed by atoms with Crippen molar-refractivity contribution in [3.05, 3.63) is 0 Å². The van der Waals surface area contributed by atoms with Gasteiger partial charge >= 0.3 is 0 Å². The molecular weight excluding hydrogens is 174 g/mol. The maximum atomic E-state index is 8.66. The van der Waals surface area contributed by atoms with Gasteiger partial charge in [0.1, 0.15) is 0 Å². The van der Waals surface area contributed by atoms with E-state index in [4.69, 9.17) is 5.26 Å². The highest BCUT2D eigenvalue weighted by Crippen LogP contribution is 2.16. The fourth-order valence-corrected chi connectivity index (χ4v) is 2.07. The maximum absolute atomic E-state index is 8.66. The molecule has 0 spiro atoms. The van der Waals surface area contributed by atoms with Crippen molar-refractivity contribution in [2.45, 2.75) is 45.3 Å². The second-order valence-electron chi connectivity index (χ2n) is 4.53. The Morgan fingerprint density at radius 1 is 1.36 bits per heavy atom. The van der Waals surface area contributed by atoms with Crippen LogP contribution in [0.2, 0.25) is 0 Å². The van der Waals surface area contributed by atoms with E-state index in [0.717, 1.165) is 13.1 Å². The molecule has 1 heterocycles. The molecule has 0 N–H and O–H groups in total. The van der Waals surface area contributed by atoms with Crippen LogP contribution >= 0.6 is 0 Å². The van der Waals surface area contributed by atoms with Gasteiger partial charge in [-0.25, -0.2) is 0 Å². The molecule has 3 atom stereocenters. The molecule has 1 rings (SSSR count). The molecule has 3 unspecified atom stereocenters. The molecule has 0 saturated carbocycles. The third-order valence-corrected chi connectivity index (χ3v) is 3.40. The molecule has 0 aromatic rings. The molecule has 0 aromatic heterocycles. The standard InChI is InChI=1S/C11H21N3/c1-9(5-6-12)14-7-10(2)13(4)11(3)8-14/h9-11H,5,7-8H2,1-4H3. The summed E-state index contributed by atoms with van der Waals surface area (Å²) in [6, 6.07) is 3.85. The summed E-state index contributed by atoms with van der Waals surface area (Å²) in [7, 11) is 2.18. The normalized spacial score (nSPS) is 32.5. The average molecular weight is 195 g/mol. The lowest BCUT2D eigenvalue weighted by molar-refractivity contribution is 0.0392. The van der Waals surface area contributed by atoms with Crippen molar-refractivity contribution in [2.75, 3.05) is 20.1 Å². The largest absolute Gasteiger partial charge is 0.298 e. The molecule has 3 nitrogen and oxygen atoms in total. The van der Waals surface area contributed by atoms with E-state index in [1.54, 1.807) is 0 Å². The molecule has 0 aliphatic carbocycles. The molecule has 0 aromatic carbocycles. The first-order chi connectivity index (χ1) is 6.56. The Kier molecular flexibility index (Phi) is 3.91. The number of nitriles is 1. The third-order valence-electron chi connectivity index (χ3n) is 3.40. The number of likely N-dealkylation sites (N-methyl/N-ethyl adjacent to an activating group) is 1. The summed E-state index contributed by atoms with van der Waals surface area (Å²) in [5.41, 5.74) is 0. The van der Waals surface area contributed by atoms with Crippen LogP contribution in [0.4, 0.5) is 0 Å². The van der Waals surface area contributed by atoms with Crippen molar-refractivity contribution in [2.24, 2.45) is 0 Å². The minimum atomic E-state index is 0.401. The SMILES string of the molecule is CC(CC#N)N1CC(C)N(C)C(C)C1. The van der Waals surface area contributed by atoms with E-state index in [1.807, 2.05) is 0 Å². The maximum Gasteiger partial charge on any atom is 0.0638 e. The van der Waals surface area contributed by atoms with Gasteiger partial charge in [-0.15, -0.1) is 0 Å². The van der Waals surface area contributed by atoms with E-state index in [-0.39, 0.29) is 0 Å². The Bertz CT molecular complexity index is 209. The first-order valence-corrected chi connectivity index (χ1v) is 5.39. The smallest absolute Gasteiger partial charge is 0.0638 e. The van der Waals surface area contributed by atoms with Crippen molar-refractivity contribution in [3.8, 4) is 6.07 Å². The Labute approximate surface area is 87.3 Å². The van der Waals surface area contributed by atoms with Gasteiger partial charge in [0.2, 0.25) is 0 Å². The first-order valence-electron chi connectivity index (χ1n) is 5.39. The lowest BCUT2D eigenvalue weighted by Gasteiger charge is -2.44. The molecule has 3 heteroatoms. The Morgan fingerprint density at radius 3 is 2.29 bits per heavy atom. The van der Waals surface area contributed by atoms with Gasteiger partial charge in [-0.05, 0) is 27.8 Å². The molecule has 1 saturated heterocycles. The molecule has 80 valence electrons. The summed E-state index contributed by atoms with van der Waals surface area (Å²) in [6.07, 6.45) is 0.642. The van der Waals surface area contributed by atoms with Crippen LogP contribution in [0.25, 0.3) is 0 Å². The first kappa shape index (κ1) is 11.5. The van der Waals surface area contributed by atoms with Crippen molar-refractivity contribution in [3.63, 3.8) is 0 Å². The Hall–Kier alpha value is -0.590. The number of nitrogens with zero attached hydrogens (tertiary/aromatic N) is 3.